The van der Waals surface area contributed by atoms with Gasteiger partial charge in [0.2, 0.25) is 0 Å². The molecule has 0 aliphatic carbocycles. The summed E-state index contributed by atoms with van der Waals surface area (Å²) >= 11 is 0. The number of hydrogen-bond donors (Lipinski definition) is 1. The molecule has 0 aromatic heterocycles. The molecular weight excluding hydrogens is 150 g/mol. The van der Waals surface area contributed by atoms with Crippen LogP contribution in [0.5, 0.6) is 0 Å². The Balaban J connectivity index is 2.26. The summed E-state index contributed by atoms with van der Waals surface area (Å²) in [4.78, 5) is 2.44. The van der Waals surface area contributed by atoms with Gasteiger partial charge in [0.25, 0.3) is 0 Å². The van der Waals surface area contributed by atoms with Crippen molar-refractivity contribution in [3.63, 3.8) is 0 Å². The lowest BCUT2D eigenvalue weighted by molar-refractivity contribution is 0.244. The van der Waals surface area contributed by atoms with Crippen molar-refractivity contribution in [1.82, 2.24) is 15.5 Å². The molecule has 3 heteroatoms. The van der Waals surface area contributed by atoms with Gasteiger partial charge in [0, 0.05) is 19.1 Å². The quantitative estimate of drug-likeness (QED) is 0.641. The highest BCUT2D eigenvalue weighted by Crippen LogP contribution is 2.04. The maximum absolute atomic E-state index is 4.49. The molecule has 1 heterocycles. The normalized spacial score (nSPS) is 27.0. The standard InChI is InChI=1S/C9H20N3/c1-10-6-4-9-8-11-5-3-7-12(9)2/h9-10H,3-8H2,1-2H3. The minimum atomic E-state index is 0.667. The van der Waals surface area contributed by atoms with Gasteiger partial charge in [-0.2, -0.15) is 0 Å². The first-order chi connectivity index (χ1) is 5.84. The van der Waals surface area contributed by atoms with Gasteiger partial charge in [-0.1, -0.05) is 0 Å². The minimum absolute atomic E-state index is 0.667. The molecule has 0 aromatic carbocycles. The fraction of sp³-hybridized carbons (Fsp3) is 1.00. The van der Waals surface area contributed by atoms with Gasteiger partial charge in [-0.25, -0.2) is 5.32 Å². The molecule has 1 fully saturated rings. The predicted octanol–water partition coefficient (Wildman–Crippen LogP) is -0.0956. The summed E-state index contributed by atoms with van der Waals surface area (Å²) in [5.41, 5.74) is 0. The number of rotatable bonds is 3. The van der Waals surface area contributed by atoms with Gasteiger partial charge >= 0.3 is 0 Å². The Morgan fingerprint density at radius 2 is 2.42 bits per heavy atom. The van der Waals surface area contributed by atoms with E-state index in [1.165, 1.54) is 19.4 Å². The molecular formula is C9H20N3. The smallest absolute Gasteiger partial charge is 0.0290 e. The largest absolute Gasteiger partial charge is 0.320 e. The van der Waals surface area contributed by atoms with Gasteiger partial charge in [-0.15, -0.1) is 0 Å². The molecule has 12 heavy (non-hydrogen) atoms. The molecule has 1 radical (unpaired) electrons. The topological polar surface area (TPSA) is 29.4 Å². The molecule has 1 unspecified atom stereocenters. The van der Waals surface area contributed by atoms with Crippen LogP contribution in [0.4, 0.5) is 0 Å². The van der Waals surface area contributed by atoms with Crippen LogP contribution in [-0.4, -0.2) is 51.2 Å². The Bertz CT molecular complexity index is 116. The maximum atomic E-state index is 4.49. The molecule has 1 aliphatic heterocycles. The van der Waals surface area contributed by atoms with Crippen molar-refractivity contribution >= 4 is 0 Å². The van der Waals surface area contributed by atoms with Crippen LogP contribution < -0.4 is 10.6 Å². The van der Waals surface area contributed by atoms with Crippen molar-refractivity contribution in [2.45, 2.75) is 18.9 Å². The zero-order valence-electron chi connectivity index (χ0n) is 8.21. The van der Waals surface area contributed by atoms with Crippen LogP contribution in [0.25, 0.3) is 0 Å². The molecule has 1 rings (SSSR count). The lowest BCUT2D eigenvalue weighted by atomic mass is 10.2. The summed E-state index contributed by atoms with van der Waals surface area (Å²) in [6.45, 7) is 4.39. The van der Waals surface area contributed by atoms with Gasteiger partial charge in [0.15, 0.2) is 0 Å². The van der Waals surface area contributed by atoms with E-state index in [4.69, 9.17) is 0 Å². The molecule has 1 N–H and O–H groups in total. The number of hydrogen-bond acceptors (Lipinski definition) is 2. The van der Waals surface area contributed by atoms with E-state index in [9.17, 15) is 0 Å². The van der Waals surface area contributed by atoms with Crippen molar-refractivity contribution in [2.75, 3.05) is 40.3 Å². The van der Waals surface area contributed by atoms with E-state index in [0.29, 0.717) is 6.04 Å². The molecule has 71 valence electrons. The monoisotopic (exact) mass is 170 g/mol. The van der Waals surface area contributed by atoms with Gasteiger partial charge in [0.1, 0.15) is 0 Å². The minimum Gasteiger partial charge on any atom is -0.320 e. The maximum Gasteiger partial charge on any atom is 0.0290 e. The lowest BCUT2D eigenvalue weighted by Crippen LogP contribution is -2.37. The zero-order valence-corrected chi connectivity index (χ0v) is 8.21. The van der Waals surface area contributed by atoms with E-state index >= 15 is 0 Å². The van der Waals surface area contributed by atoms with Crippen LogP contribution in [-0.2, 0) is 0 Å². The second kappa shape index (κ2) is 5.51. The van der Waals surface area contributed by atoms with Crippen molar-refractivity contribution in [1.29, 1.82) is 0 Å². The summed E-state index contributed by atoms with van der Waals surface area (Å²) in [5, 5.41) is 7.67. The summed E-state index contributed by atoms with van der Waals surface area (Å²) < 4.78 is 0. The second-order valence-corrected chi connectivity index (χ2v) is 3.51. The molecule has 0 bridgehead atoms. The molecule has 0 amide bonds. The Labute approximate surface area is 75.5 Å². The van der Waals surface area contributed by atoms with E-state index in [0.717, 1.165) is 19.6 Å². The molecule has 0 aromatic rings. The van der Waals surface area contributed by atoms with Crippen LogP contribution >= 0.6 is 0 Å². The first-order valence-electron chi connectivity index (χ1n) is 4.82. The van der Waals surface area contributed by atoms with E-state index in [1.807, 2.05) is 7.05 Å². The van der Waals surface area contributed by atoms with Gasteiger partial charge < -0.3 is 10.2 Å². The Morgan fingerprint density at radius 3 is 3.17 bits per heavy atom. The lowest BCUT2D eigenvalue weighted by Gasteiger charge is -2.24. The second-order valence-electron chi connectivity index (χ2n) is 3.51. The van der Waals surface area contributed by atoms with E-state index in [-0.39, 0.29) is 0 Å². The molecule has 1 atom stereocenters. The van der Waals surface area contributed by atoms with Gasteiger partial charge in [-0.3, -0.25) is 0 Å². The molecule has 1 aliphatic rings. The van der Waals surface area contributed by atoms with Crippen molar-refractivity contribution < 1.29 is 0 Å². The predicted molar refractivity (Wildman–Crippen MR) is 51.4 cm³/mol. The van der Waals surface area contributed by atoms with Crippen molar-refractivity contribution in [3.8, 4) is 0 Å². The molecule has 0 saturated carbocycles. The zero-order chi connectivity index (χ0) is 8.81. The summed E-state index contributed by atoms with van der Waals surface area (Å²) in [5.74, 6) is 0. The third-order valence-electron chi connectivity index (χ3n) is 2.52. The van der Waals surface area contributed by atoms with Gasteiger partial charge in [-0.05, 0) is 40.0 Å². The van der Waals surface area contributed by atoms with Crippen LogP contribution in [0.2, 0.25) is 0 Å². The van der Waals surface area contributed by atoms with Crippen LogP contribution in [0.3, 0.4) is 0 Å². The van der Waals surface area contributed by atoms with E-state index < -0.39 is 0 Å². The third-order valence-corrected chi connectivity index (χ3v) is 2.52. The number of nitrogens with one attached hydrogen (secondary N) is 1. The highest BCUT2D eigenvalue weighted by Gasteiger charge is 2.16. The van der Waals surface area contributed by atoms with Gasteiger partial charge in [0.05, 0.1) is 0 Å². The Morgan fingerprint density at radius 1 is 1.58 bits per heavy atom. The fourth-order valence-electron chi connectivity index (χ4n) is 1.62. The Kier molecular flexibility index (Phi) is 4.58. The van der Waals surface area contributed by atoms with Crippen LogP contribution in [0, 0.1) is 0 Å². The summed E-state index contributed by atoms with van der Waals surface area (Å²) in [7, 11) is 4.22. The highest BCUT2D eigenvalue weighted by atomic mass is 15.2. The highest BCUT2D eigenvalue weighted by molar-refractivity contribution is 4.75. The Hall–Kier alpha value is -0.120. The first-order valence-corrected chi connectivity index (χ1v) is 4.82. The summed E-state index contributed by atoms with van der Waals surface area (Å²) in [6.07, 6.45) is 2.45. The van der Waals surface area contributed by atoms with Crippen LogP contribution in [0.15, 0.2) is 0 Å². The average Bonchev–Trinajstić information content (AvgIpc) is 2.27. The third kappa shape index (κ3) is 3.09. The van der Waals surface area contributed by atoms with E-state index in [2.05, 4.69) is 22.6 Å². The van der Waals surface area contributed by atoms with Crippen LogP contribution in [0.1, 0.15) is 12.8 Å². The van der Waals surface area contributed by atoms with Crippen molar-refractivity contribution in [2.24, 2.45) is 0 Å². The fourth-order valence-corrected chi connectivity index (χ4v) is 1.62. The number of likely N-dealkylation sites (N-methyl/N-ethyl adjacent to an activating group) is 1. The van der Waals surface area contributed by atoms with E-state index in [1.54, 1.807) is 0 Å². The number of nitrogens with zero attached hydrogens (tertiary/aromatic N) is 2. The molecule has 1 saturated heterocycles. The average molecular weight is 170 g/mol. The van der Waals surface area contributed by atoms with Crippen molar-refractivity contribution in [3.05, 3.63) is 0 Å². The molecule has 3 nitrogen and oxygen atoms in total. The summed E-state index contributed by atoms with van der Waals surface area (Å²) in [6, 6.07) is 0.667. The first kappa shape index (κ1) is 9.96. The molecule has 0 spiro atoms. The SMILES string of the molecule is CNCCC1C[N]CCCN1C.